The number of aromatic hydroxyl groups is 1. The van der Waals surface area contributed by atoms with Crippen LogP contribution in [0.1, 0.15) is 21.5 Å². The zero-order valence-electron chi connectivity index (χ0n) is 10.6. The van der Waals surface area contributed by atoms with Crippen LogP contribution in [0.3, 0.4) is 0 Å². The van der Waals surface area contributed by atoms with Gasteiger partial charge in [0.15, 0.2) is 0 Å². The smallest absolute Gasteiger partial charge is 0.339 e. The Morgan fingerprint density at radius 1 is 1.16 bits per heavy atom. The Labute approximate surface area is 109 Å². The van der Waals surface area contributed by atoms with Gasteiger partial charge in [-0.3, -0.25) is 0 Å². The molecular weight excluding hydrogens is 247 g/mol. The maximum atomic E-state index is 14.0. The molecule has 2 aromatic carbocycles. The van der Waals surface area contributed by atoms with Crippen LogP contribution in [0.25, 0.3) is 11.1 Å². The van der Waals surface area contributed by atoms with Crippen LogP contribution in [0, 0.1) is 19.7 Å². The summed E-state index contributed by atoms with van der Waals surface area (Å²) in [6.45, 7) is 3.55. The molecule has 0 aliphatic heterocycles. The summed E-state index contributed by atoms with van der Waals surface area (Å²) in [5.74, 6) is -1.98. The summed E-state index contributed by atoms with van der Waals surface area (Å²) in [7, 11) is 0. The van der Waals surface area contributed by atoms with E-state index in [9.17, 15) is 14.3 Å². The summed E-state index contributed by atoms with van der Waals surface area (Å²) in [5, 5.41) is 18.4. The number of carboxylic acid groups (broad SMARTS) is 1. The second kappa shape index (κ2) is 4.72. The van der Waals surface area contributed by atoms with Gasteiger partial charge < -0.3 is 10.2 Å². The SMILES string of the molecule is Cc1cc(C)c(-c2ccc(O)c(C(=O)O)c2)c(F)c1. The molecule has 0 fully saturated rings. The highest BCUT2D eigenvalue weighted by molar-refractivity contribution is 5.92. The molecular formula is C15H13FO3. The molecule has 0 radical (unpaired) electrons. The molecule has 0 atom stereocenters. The minimum atomic E-state index is -1.25. The van der Waals surface area contributed by atoms with Crippen LogP contribution in [-0.4, -0.2) is 16.2 Å². The highest BCUT2D eigenvalue weighted by Crippen LogP contribution is 2.31. The molecule has 0 unspecified atom stereocenters. The van der Waals surface area contributed by atoms with E-state index in [2.05, 4.69) is 0 Å². The average Bonchev–Trinajstić information content (AvgIpc) is 2.29. The number of aryl methyl sites for hydroxylation is 2. The highest BCUT2D eigenvalue weighted by atomic mass is 19.1. The molecule has 2 N–H and O–H groups in total. The van der Waals surface area contributed by atoms with Crippen LogP contribution in [0.5, 0.6) is 5.75 Å². The number of hydrogen-bond donors (Lipinski definition) is 2. The Morgan fingerprint density at radius 2 is 1.84 bits per heavy atom. The van der Waals surface area contributed by atoms with E-state index in [1.165, 1.54) is 24.3 Å². The number of carboxylic acids is 1. The first kappa shape index (κ1) is 13.1. The van der Waals surface area contributed by atoms with Crippen molar-refractivity contribution in [1.29, 1.82) is 0 Å². The van der Waals surface area contributed by atoms with Crippen LogP contribution >= 0.6 is 0 Å². The lowest BCUT2D eigenvalue weighted by Crippen LogP contribution is -1.98. The van der Waals surface area contributed by atoms with Crippen molar-refractivity contribution in [3.8, 4) is 16.9 Å². The van der Waals surface area contributed by atoms with Gasteiger partial charge >= 0.3 is 5.97 Å². The highest BCUT2D eigenvalue weighted by Gasteiger charge is 2.14. The summed E-state index contributed by atoms with van der Waals surface area (Å²) in [5.41, 5.74) is 2.07. The van der Waals surface area contributed by atoms with Gasteiger partial charge in [-0.25, -0.2) is 9.18 Å². The number of aromatic carboxylic acids is 1. The first-order valence-corrected chi connectivity index (χ1v) is 5.73. The first-order chi connectivity index (χ1) is 8.90. The summed E-state index contributed by atoms with van der Waals surface area (Å²) in [6.07, 6.45) is 0. The molecule has 0 saturated heterocycles. The number of carbonyl (C=O) groups is 1. The third-order valence-electron chi connectivity index (χ3n) is 2.95. The first-order valence-electron chi connectivity index (χ1n) is 5.73. The maximum absolute atomic E-state index is 14.0. The van der Waals surface area contributed by atoms with E-state index < -0.39 is 11.8 Å². The molecule has 3 nitrogen and oxygen atoms in total. The van der Waals surface area contributed by atoms with Gasteiger partial charge in [-0.1, -0.05) is 12.1 Å². The number of phenols is 1. The van der Waals surface area contributed by atoms with E-state index in [-0.39, 0.29) is 11.3 Å². The van der Waals surface area contributed by atoms with Gasteiger partial charge in [0, 0.05) is 5.56 Å². The lowest BCUT2D eigenvalue weighted by Gasteiger charge is -2.10. The van der Waals surface area contributed by atoms with E-state index in [1.54, 1.807) is 13.8 Å². The van der Waals surface area contributed by atoms with Crippen LogP contribution in [0.2, 0.25) is 0 Å². The predicted molar refractivity (Wildman–Crippen MR) is 69.9 cm³/mol. The molecule has 0 saturated carbocycles. The Bertz CT molecular complexity index is 639. The lowest BCUT2D eigenvalue weighted by atomic mass is 9.96. The van der Waals surface area contributed by atoms with Gasteiger partial charge in [-0.15, -0.1) is 0 Å². The van der Waals surface area contributed by atoms with Crippen LogP contribution in [0.4, 0.5) is 4.39 Å². The second-order valence-electron chi connectivity index (χ2n) is 4.48. The van der Waals surface area contributed by atoms with Crippen LogP contribution < -0.4 is 0 Å². The topological polar surface area (TPSA) is 57.5 Å². The molecule has 0 spiro atoms. The number of hydrogen-bond acceptors (Lipinski definition) is 2. The molecule has 0 aromatic heterocycles. The number of halogens is 1. The van der Waals surface area contributed by atoms with Crippen molar-refractivity contribution in [2.45, 2.75) is 13.8 Å². The summed E-state index contributed by atoms with van der Waals surface area (Å²) in [6, 6.07) is 7.26. The van der Waals surface area contributed by atoms with Crippen molar-refractivity contribution in [2.24, 2.45) is 0 Å². The van der Waals surface area contributed by atoms with E-state index in [0.717, 1.165) is 11.1 Å². The lowest BCUT2D eigenvalue weighted by molar-refractivity contribution is 0.0694. The van der Waals surface area contributed by atoms with E-state index in [1.807, 2.05) is 6.07 Å². The molecule has 0 aliphatic carbocycles. The zero-order chi connectivity index (χ0) is 14.2. The average molecular weight is 260 g/mol. The van der Waals surface area contributed by atoms with Gasteiger partial charge in [0.2, 0.25) is 0 Å². The molecule has 19 heavy (non-hydrogen) atoms. The molecule has 2 aromatic rings. The normalized spacial score (nSPS) is 10.5. The molecule has 0 amide bonds. The van der Waals surface area contributed by atoms with Gasteiger partial charge in [-0.2, -0.15) is 0 Å². The van der Waals surface area contributed by atoms with E-state index in [4.69, 9.17) is 5.11 Å². The van der Waals surface area contributed by atoms with E-state index in [0.29, 0.717) is 11.1 Å². The monoisotopic (exact) mass is 260 g/mol. The van der Waals surface area contributed by atoms with Crippen molar-refractivity contribution in [3.63, 3.8) is 0 Å². The van der Waals surface area contributed by atoms with Crippen molar-refractivity contribution in [2.75, 3.05) is 0 Å². The Kier molecular flexibility index (Phi) is 3.25. The van der Waals surface area contributed by atoms with Crippen LogP contribution in [-0.2, 0) is 0 Å². The fourth-order valence-corrected chi connectivity index (χ4v) is 2.14. The number of rotatable bonds is 2. The molecule has 4 heteroatoms. The van der Waals surface area contributed by atoms with Crippen molar-refractivity contribution < 1.29 is 19.4 Å². The molecule has 98 valence electrons. The van der Waals surface area contributed by atoms with Crippen molar-refractivity contribution >= 4 is 5.97 Å². The van der Waals surface area contributed by atoms with E-state index >= 15 is 0 Å². The third kappa shape index (κ3) is 2.42. The standard InChI is InChI=1S/C15H13FO3/c1-8-5-9(2)14(12(16)6-8)10-3-4-13(17)11(7-10)15(18)19/h3-7,17H,1-2H3,(H,18,19). The summed E-state index contributed by atoms with van der Waals surface area (Å²) >= 11 is 0. The quantitative estimate of drug-likeness (QED) is 0.868. The number of benzene rings is 2. The van der Waals surface area contributed by atoms with Gasteiger partial charge in [0.25, 0.3) is 0 Å². The molecule has 0 bridgehead atoms. The van der Waals surface area contributed by atoms with Gasteiger partial charge in [-0.05, 0) is 48.7 Å². The Morgan fingerprint density at radius 3 is 2.42 bits per heavy atom. The fraction of sp³-hybridized carbons (Fsp3) is 0.133. The fourth-order valence-electron chi connectivity index (χ4n) is 2.14. The molecule has 0 aliphatic rings. The van der Waals surface area contributed by atoms with Crippen molar-refractivity contribution in [3.05, 3.63) is 52.8 Å². The second-order valence-corrected chi connectivity index (χ2v) is 4.48. The van der Waals surface area contributed by atoms with Gasteiger partial charge in [0.1, 0.15) is 17.1 Å². The zero-order valence-corrected chi connectivity index (χ0v) is 10.6. The third-order valence-corrected chi connectivity index (χ3v) is 2.95. The minimum Gasteiger partial charge on any atom is -0.507 e. The van der Waals surface area contributed by atoms with Crippen LogP contribution in [0.15, 0.2) is 30.3 Å². The van der Waals surface area contributed by atoms with Crippen molar-refractivity contribution in [1.82, 2.24) is 0 Å². The molecule has 2 rings (SSSR count). The Hall–Kier alpha value is -2.36. The van der Waals surface area contributed by atoms with Gasteiger partial charge in [0.05, 0.1) is 0 Å². The minimum absolute atomic E-state index is 0.239. The molecule has 0 heterocycles. The summed E-state index contributed by atoms with van der Waals surface area (Å²) in [4.78, 5) is 11.0. The Balaban J connectivity index is 2.66. The maximum Gasteiger partial charge on any atom is 0.339 e. The summed E-state index contributed by atoms with van der Waals surface area (Å²) < 4.78 is 14.0. The largest absolute Gasteiger partial charge is 0.507 e. The predicted octanol–water partition coefficient (Wildman–Crippen LogP) is 3.51.